The molecule has 0 heterocycles. The van der Waals surface area contributed by atoms with E-state index in [4.69, 9.17) is 4.74 Å². The molecule has 1 atom stereocenters. The normalized spacial score (nSPS) is 15.7. The van der Waals surface area contributed by atoms with Crippen LogP contribution in [-0.2, 0) is 24.0 Å². The van der Waals surface area contributed by atoms with Gasteiger partial charge in [0.05, 0.1) is 0 Å². The minimum absolute atomic E-state index is 0.536. The van der Waals surface area contributed by atoms with E-state index in [1.54, 1.807) is 18.2 Å². The van der Waals surface area contributed by atoms with Crippen molar-refractivity contribution in [2.24, 2.45) is 0 Å². The van der Waals surface area contributed by atoms with Gasteiger partial charge in [0.25, 0.3) is 0 Å². The van der Waals surface area contributed by atoms with Crippen LogP contribution in [0, 0.1) is 0 Å². The molecular weight excluding hydrogens is 222 g/mol. The van der Waals surface area contributed by atoms with Crippen molar-refractivity contribution in [3.63, 3.8) is 0 Å². The second kappa shape index (κ2) is 6.91. The first-order chi connectivity index (χ1) is 8.83. The smallest absolute Gasteiger partial charge is 0.0477 e. The SMILES string of the molecule is CCNC(CCOC)Cc1ccc2c(c1)CCC2. The van der Waals surface area contributed by atoms with Gasteiger partial charge in [-0.1, -0.05) is 25.1 Å². The Balaban J connectivity index is 1.97. The Hall–Kier alpha value is -0.860. The van der Waals surface area contributed by atoms with E-state index in [0.717, 1.165) is 26.0 Å². The molecule has 1 aliphatic carbocycles. The fraction of sp³-hybridized carbons (Fsp3) is 0.625. The van der Waals surface area contributed by atoms with Gasteiger partial charge in [-0.25, -0.2) is 0 Å². The van der Waals surface area contributed by atoms with Crippen LogP contribution in [0.3, 0.4) is 0 Å². The maximum atomic E-state index is 5.19. The summed E-state index contributed by atoms with van der Waals surface area (Å²) >= 11 is 0. The van der Waals surface area contributed by atoms with Crippen LogP contribution < -0.4 is 5.32 Å². The van der Waals surface area contributed by atoms with E-state index in [9.17, 15) is 0 Å². The number of methoxy groups -OCH3 is 1. The average Bonchev–Trinajstić information content (AvgIpc) is 2.83. The maximum absolute atomic E-state index is 5.19. The van der Waals surface area contributed by atoms with Crippen LogP contribution in [0.5, 0.6) is 0 Å². The summed E-state index contributed by atoms with van der Waals surface area (Å²) in [7, 11) is 1.78. The zero-order valence-electron chi connectivity index (χ0n) is 11.7. The number of hydrogen-bond acceptors (Lipinski definition) is 2. The lowest BCUT2D eigenvalue weighted by atomic mass is 9.99. The summed E-state index contributed by atoms with van der Waals surface area (Å²) in [6.45, 7) is 4.03. The lowest BCUT2D eigenvalue weighted by Gasteiger charge is -2.18. The van der Waals surface area contributed by atoms with Gasteiger partial charge in [0.1, 0.15) is 0 Å². The zero-order valence-corrected chi connectivity index (χ0v) is 11.7. The van der Waals surface area contributed by atoms with Crippen molar-refractivity contribution in [3.8, 4) is 0 Å². The third-order valence-corrected chi connectivity index (χ3v) is 3.81. The van der Waals surface area contributed by atoms with Gasteiger partial charge in [-0.15, -0.1) is 0 Å². The van der Waals surface area contributed by atoms with E-state index in [0.29, 0.717) is 6.04 Å². The summed E-state index contributed by atoms with van der Waals surface area (Å²) in [5.74, 6) is 0. The van der Waals surface area contributed by atoms with Crippen molar-refractivity contribution in [1.82, 2.24) is 5.32 Å². The summed E-state index contributed by atoms with van der Waals surface area (Å²) in [5.41, 5.74) is 4.61. The fourth-order valence-electron chi connectivity index (χ4n) is 2.86. The number of likely N-dealkylation sites (N-methyl/N-ethyl adjacent to an activating group) is 1. The highest BCUT2D eigenvalue weighted by Gasteiger charge is 2.13. The zero-order chi connectivity index (χ0) is 12.8. The number of fused-ring (bicyclic) bond motifs is 1. The number of aryl methyl sites for hydroxylation is 2. The van der Waals surface area contributed by atoms with Gasteiger partial charge in [0.15, 0.2) is 0 Å². The molecule has 18 heavy (non-hydrogen) atoms. The molecule has 1 N–H and O–H groups in total. The first-order valence-electron chi connectivity index (χ1n) is 7.16. The Morgan fingerprint density at radius 2 is 2.11 bits per heavy atom. The third kappa shape index (κ3) is 3.56. The molecule has 0 saturated carbocycles. The Morgan fingerprint density at radius 3 is 2.89 bits per heavy atom. The van der Waals surface area contributed by atoms with Gasteiger partial charge in [0, 0.05) is 19.8 Å². The molecule has 2 rings (SSSR count). The van der Waals surface area contributed by atoms with Crippen molar-refractivity contribution in [1.29, 1.82) is 0 Å². The molecule has 0 bridgehead atoms. The molecule has 0 radical (unpaired) electrons. The van der Waals surface area contributed by atoms with Crippen LogP contribution >= 0.6 is 0 Å². The highest BCUT2D eigenvalue weighted by Crippen LogP contribution is 2.23. The van der Waals surface area contributed by atoms with Crippen molar-refractivity contribution >= 4 is 0 Å². The molecule has 0 fully saturated rings. The summed E-state index contributed by atoms with van der Waals surface area (Å²) in [6.07, 6.45) is 6.08. The first-order valence-corrected chi connectivity index (χ1v) is 7.16. The molecule has 2 nitrogen and oxygen atoms in total. The molecular formula is C16H25NO. The van der Waals surface area contributed by atoms with E-state index >= 15 is 0 Å². The van der Waals surface area contributed by atoms with Gasteiger partial charge in [-0.2, -0.15) is 0 Å². The predicted molar refractivity (Wildman–Crippen MR) is 76.1 cm³/mol. The second-order valence-electron chi connectivity index (χ2n) is 5.20. The Kier molecular flexibility index (Phi) is 5.21. The van der Waals surface area contributed by atoms with Crippen LogP contribution in [0.15, 0.2) is 18.2 Å². The monoisotopic (exact) mass is 247 g/mol. The predicted octanol–water partition coefficient (Wildman–Crippen LogP) is 2.73. The molecule has 0 spiro atoms. The molecule has 1 aromatic carbocycles. The quantitative estimate of drug-likeness (QED) is 0.800. The highest BCUT2D eigenvalue weighted by atomic mass is 16.5. The van der Waals surface area contributed by atoms with Crippen LogP contribution in [0.4, 0.5) is 0 Å². The van der Waals surface area contributed by atoms with Gasteiger partial charge >= 0.3 is 0 Å². The minimum Gasteiger partial charge on any atom is -0.385 e. The van der Waals surface area contributed by atoms with Gasteiger partial charge in [-0.3, -0.25) is 0 Å². The molecule has 1 unspecified atom stereocenters. The van der Waals surface area contributed by atoms with Crippen LogP contribution in [-0.4, -0.2) is 26.3 Å². The fourth-order valence-corrected chi connectivity index (χ4v) is 2.86. The van der Waals surface area contributed by atoms with E-state index in [-0.39, 0.29) is 0 Å². The van der Waals surface area contributed by atoms with E-state index in [1.807, 2.05) is 0 Å². The largest absolute Gasteiger partial charge is 0.385 e. The highest BCUT2D eigenvalue weighted by molar-refractivity contribution is 5.35. The van der Waals surface area contributed by atoms with Crippen molar-refractivity contribution in [2.75, 3.05) is 20.3 Å². The molecule has 1 aliphatic rings. The molecule has 0 amide bonds. The summed E-state index contributed by atoms with van der Waals surface area (Å²) in [6, 6.07) is 7.59. The minimum atomic E-state index is 0.536. The molecule has 1 aromatic rings. The molecule has 0 aromatic heterocycles. The third-order valence-electron chi connectivity index (χ3n) is 3.81. The van der Waals surface area contributed by atoms with Crippen molar-refractivity contribution in [2.45, 2.75) is 45.1 Å². The van der Waals surface area contributed by atoms with E-state index in [2.05, 4.69) is 30.4 Å². The van der Waals surface area contributed by atoms with Gasteiger partial charge in [-0.05, 0) is 55.3 Å². The lowest BCUT2D eigenvalue weighted by Crippen LogP contribution is -2.32. The van der Waals surface area contributed by atoms with Crippen LogP contribution in [0.25, 0.3) is 0 Å². The second-order valence-corrected chi connectivity index (χ2v) is 5.20. The topological polar surface area (TPSA) is 21.3 Å². The first kappa shape index (κ1) is 13.6. The van der Waals surface area contributed by atoms with Crippen LogP contribution in [0.1, 0.15) is 36.5 Å². The standard InChI is InChI=1S/C16H25NO/c1-3-17-16(9-10-18-2)12-13-7-8-14-5-4-6-15(14)11-13/h7-8,11,16-17H,3-6,9-10,12H2,1-2H3. The van der Waals surface area contributed by atoms with Crippen molar-refractivity contribution < 1.29 is 4.74 Å². The maximum Gasteiger partial charge on any atom is 0.0477 e. The summed E-state index contributed by atoms with van der Waals surface area (Å²) < 4.78 is 5.19. The van der Waals surface area contributed by atoms with E-state index < -0.39 is 0 Å². The molecule has 100 valence electrons. The molecule has 0 aliphatic heterocycles. The van der Waals surface area contributed by atoms with Gasteiger partial charge in [0.2, 0.25) is 0 Å². The van der Waals surface area contributed by atoms with Crippen LogP contribution in [0.2, 0.25) is 0 Å². The Labute approximate surface area is 111 Å². The van der Waals surface area contributed by atoms with Crippen molar-refractivity contribution in [3.05, 3.63) is 34.9 Å². The number of hydrogen-bond donors (Lipinski definition) is 1. The number of nitrogens with one attached hydrogen (secondary N) is 1. The van der Waals surface area contributed by atoms with E-state index in [1.165, 1.54) is 24.8 Å². The molecule has 0 saturated heterocycles. The number of benzene rings is 1. The average molecular weight is 247 g/mol. The Morgan fingerprint density at radius 1 is 1.28 bits per heavy atom. The molecule has 2 heteroatoms. The summed E-state index contributed by atoms with van der Waals surface area (Å²) in [5, 5.41) is 3.55. The Bertz CT molecular complexity index is 375. The number of rotatable bonds is 7. The number of ether oxygens (including phenoxy) is 1. The van der Waals surface area contributed by atoms with Gasteiger partial charge < -0.3 is 10.1 Å². The summed E-state index contributed by atoms with van der Waals surface area (Å²) in [4.78, 5) is 0. The lowest BCUT2D eigenvalue weighted by molar-refractivity contribution is 0.183.